The van der Waals surface area contributed by atoms with E-state index in [1.54, 1.807) is 42.5 Å². The summed E-state index contributed by atoms with van der Waals surface area (Å²) in [5, 5.41) is 24.5. The van der Waals surface area contributed by atoms with E-state index in [-0.39, 0.29) is 16.1 Å². The van der Waals surface area contributed by atoms with Gasteiger partial charge in [-0.05, 0) is 18.6 Å². The van der Waals surface area contributed by atoms with Crippen molar-refractivity contribution < 1.29 is 19.2 Å². The SMILES string of the molecule is CCc1ccccc1[N+]1([O-])C(C(=O)OC)=C(O)c2ccccc2[SH2+]1[O-]. The molecule has 1 N–H and O–H groups in total. The van der Waals surface area contributed by atoms with Gasteiger partial charge in [0, 0.05) is 11.6 Å². The van der Waals surface area contributed by atoms with E-state index in [1.165, 1.54) is 6.07 Å². The number of para-hydroxylation sites is 1. The van der Waals surface area contributed by atoms with Crippen LogP contribution in [0.25, 0.3) is 5.76 Å². The van der Waals surface area contributed by atoms with Crippen LogP contribution >= 0.6 is 0 Å². The Morgan fingerprint density at radius 2 is 1.84 bits per heavy atom. The summed E-state index contributed by atoms with van der Waals surface area (Å²) in [4.78, 5) is 12.6. The summed E-state index contributed by atoms with van der Waals surface area (Å²) < 4.78 is 16.5. The molecule has 2 aromatic rings. The first-order valence-corrected chi connectivity index (χ1v) is 9.17. The van der Waals surface area contributed by atoms with Crippen molar-refractivity contribution in [2.75, 3.05) is 7.11 Å². The van der Waals surface area contributed by atoms with Crippen molar-refractivity contribution in [2.45, 2.75) is 18.2 Å². The largest absolute Gasteiger partial charge is 0.643 e. The Bertz CT molecular complexity index is 866. The van der Waals surface area contributed by atoms with Gasteiger partial charge in [-0.2, -0.15) is 4.05 Å². The zero-order valence-electron chi connectivity index (χ0n) is 13.9. The average Bonchev–Trinajstić information content (AvgIpc) is 2.66. The molecule has 0 fully saturated rings. The highest BCUT2D eigenvalue weighted by Gasteiger charge is 2.47. The molecule has 0 bridgehead atoms. The van der Waals surface area contributed by atoms with Crippen LogP contribution < -0.4 is 4.05 Å². The first-order chi connectivity index (χ1) is 12.0. The molecule has 1 aliphatic heterocycles. The van der Waals surface area contributed by atoms with Crippen LogP contribution in [0, 0.1) is 5.21 Å². The predicted octanol–water partition coefficient (Wildman–Crippen LogP) is 2.65. The lowest BCUT2D eigenvalue weighted by molar-refractivity contribution is -0.137. The van der Waals surface area contributed by atoms with E-state index in [4.69, 9.17) is 4.74 Å². The van der Waals surface area contributed by atoms with E-state index in [0.717, 1.165) is 7.11 Å². The lowest BCUT2D eigenvalue weighted by Gasteiger charge is -2.51. The Morgan fingerprint density at radius 3 is 2.52 bits per heavy atom. The lowest BCUT2D eigenvalue weighted by atomic mass is 10.1. The van der Waals surface area contributed by atoms with Gasteiger partial charge in [-0.15, -0.1) is 11.4 Å². The van der Waals surface area contributed by atoms with Gasteiger partial charge in [0.1, 0.15) is 4.90 Å². The molecule has 3 rings (SSSR count). The summed E-state index contributed by atoms with van der Waals surface area (Å²) in [5.41, 5.74) is 0.510. The number of benzene rings is 2. The van der Waals surface area contributed by atoms with Crippen molar-refractivity contribution in [3.8, 4) is 0 Å². The molecule has 1 heterocycles. The Morgan fingerprint density at radius 1 is 1.20 bits per heavy atom. The number of quaternary nitrogens is 1. The van der Waals surface area contributed by atoms with Crippen LogP contribution in [0.5, 0.6) is 0 Å². The Hall–Kier alpha value is -2.32. The predicted molar refractivity (Wildman–Crippen MR) is 98.2 cm³/mol. The summed E-state index contributed by atoms with van der Waals surface area (Å²) in [6.45, 7) is 1.86. The van der Waals surface area contributed by atoms with Crippen molar-refractivity contribution in [1.82, 2.24) is 4.05 Å². The second-order valence-corrected chi connectivity index (χ2v) is 7.41. The number of esters is 1. The highest BCUT2D eigenvalue weighted by Crippen LogP contribution is 2.46. The molecule has 1 atom stereocenters. The maximum absolute atomic E-state index is 13.9. The van der Waals surface area contributed by atoms with Gasteiger partial charge in [-0.25, -0.2) is 4.79 Å². The molecule has 0 saturated heterocycles. The number of nitrogens with zero attached hydrogens (tertiary/aromatic N) is 1. The van der Waals surface area contributed by atoms with E-state index in [9.17, 15) is 19.7 Å². The van der Waals surface area contributed by atoms with E-state index in [0.29, 0.717) is 12.0 Å². The molecule has 1 unspecified atom stereocenters. The highest BCUT2D eigenvalue weighted by molar-refractivity contribution is 7.91. The lowest BCUT2D eigenvalue weighted by Crippen LogP contribution is -2.53. The van der Waals surface area contributed by atoms with Gasteiger partial charge in [0.2, 0.25) is 5.76 Å². The Labute approximate surface area is 148 Å². The number of carbonyl (C=O) groups excluding carboxylic acids is 1. The van der Waals surface area contributed by atoms with Crippen LogP contribution in [0.3, 0.4) is 0 Å². The monoisotopic (exact) mass is 361 g/mol. The van der Waals surface area contributed by atoms with Crippen LogP contribution in [0.1, 0.15) is 18.1 Å². The quantitative estimate of drug-likeness (QED) is 0.393. The van der Waals surface area contributed by atoms with Crippen molar-refractivity contribution in [2.24, 2.45) is 0 Å². The average molecular weight is 361 g/mol. The molecule has 0 aliphatic carbocycles. The molecule has 0 radical (unpaired) electrons. The molecular formula is C18H19NO5S. The van der Waals surface area contributed by atoms with Crippen LogP contribution in [0.15, 0.2) is 59.1 Å². The zero-order valence-corrected chi connectivity index (χ0v) is 14.9. The van der Waals surface area contributed by atoms with Gasteiger partial charge < -0.3 is 19.6 Å². The van der Waals surface area contributed by atoms with Gasteiger partial charge >= 0.3 is 11.7 Å². The van der Waals surface area contributed by atoms with Gasteiger partial charge in [-0.3, -0.25) is 0 Å². The molecule has 1 aliphatic rings. The summed E-state index contributed by atoms with van der Waals surface area (Å²) in [7, 11) is 1.12. The molecule has 2 aromatic carbocycles. The van der Waals surface area contributed by atoms with Crippen molar-refractivity contribution in [3.63, 3.8) is 0 Å². The number of aryl methyl sites for hydroxylation is 1. The summed E-state index contributed by atoms with van der Waals surface area (Å²) in [6, 6.07) is 13.1. The smallest absolute Gasteiger partial charge is 0.401 e. The third-order valence-corrected chi connectivity index (χ3v) is 6.26. The van der Waals surface area contributed by atoms with Crippen LogP contribution in [0.2, 0.25) is 0 Å². The molecule has 7 heteroatoms. The minimum atomic E-state index is -3.09. The third kappa shape index (κ3) is 2.52. The van der Waals surface area contributed by atoms with E-state index < -0.39 is 32.8 Å². The van der Waals surface area contributed by atoms with E-state index >= 15 is 0 Å². The van der Waals surface area contributed by atoms with E-state index in [2.05, 4.69) is 0 Å². The molecular weight excluding hydrogens is 342 g/mol. The molecule has 6 nitrogen and oxygen atoms in total. The Balaban J connectivity index is 2.38. The number of carbonyl (C=O) groups is 1. The van der Waals surface area contributed by atoms with Crippen molar-refractivity contribution in [1.29, 1.82) is 0 Å². The molecule has 0 aromatic heterocycles. The summed E-state index contributed by atoms with van der Waals surface area (Å²) in [5.74, 6) is -1.49. The third-order valence-electron chi connectivity index (χ3n) is 4.33. The second-order valence-electron chi connectivity index (χ2n) is 5.63. The number of hydroxylamine groups is 1. The first-order valence-electron chi connectivity index (χ1n) is 7.81. The number of rotatable bonds is 3. The molecule has 0 saturated carbocycles. The number of ether oxygens (including phenoxy) is 1. The number of aliphatic hydroxyl groups is 1. The molecule has 0 amide bonds. The fourth-order valence-electron chi connectivity index (χ4n) is 3.09. The van der Waals surface area contributed by atoms with E-state index in [1.807, 2.05) is 6.92 Å². The van der Waals surface area contributed by atoms with Gasteiger partial charge in [0.15, 0.2) is 5.69 Å². The van der Waals surface area contributed by atoms with Crippen LogP contribution in [0.4, 0.5) is 5.69 Å². The number of fused-ring (bicyclic) bond motifs is 1. The normalized spacial score (nSPS) is 21.0. The number of aliphatic hydroxyl groups excluding tert-OH is 1. The van der Waals surface area contributed by atoms with Gasteiger partial charge in [0.05, 0.1) is 12.7 Å². The van der Waals surface area contributed by atoms with Crippen LogP contribution in [-0.2, 0) is 27.3 Å². The first kappa shape index (κ1) is 17.5. The summed E-state index contributed by atoms with van der Waals surface area (Å²) in [6.07, 6.45) is 0.518. The molecule has 0 spiro atoms. The summed E-state index contributed by atoms with van der Waals surface area (Å²) >= 11 is -3.09. The maximum Gasteiger partial charge on any atom is 0.401 e. The minimum Gasteiger partial charge on any atom is -0.643 e. The molecule has 132 valence electrons. The van der Waals surface area contributed by atoms with Gasteiger partial charge in [-0.1, -0.05) is 37.3 Å². The minimum absolute atomic E-state index is 0.176. The zero-order chi connectivity index (χ0) is 18.2. The standard InChI is InChI=1S/C18H19NO5S/c1-3-12-8-4-6-10-14(12)19(22)16(18(21)24-2)17(20)13-9-5-7-11-15(13)25(19)23/h4-11,20H,3,25H2,1-2H3. The fraction of sp³-hybridized carbons (Fsp3) is 0.167. The second kappa shape index (κ2) is 6.53. The van der Waals surface area contributed by atoms with Crippen LogP contribution in [-0.4, -0.2) is 22.7 Å². The van der Waals surface area contributed by atoms with Gasteiger partial charge in [0.25, 0.3) is 0 Å². The Kier molecular flexibility index (Phi) is 4.57. The maximum atomic E-state index is 13.9. The fourth-order valence-corrected chi connectivity index (χ4v) is 4.94. The number of hydrogen-bond donors (Lipinski definition) is 1. The van der Waals surface area contributed by atoms with Crippen molar-refractivity contribution in [3.05, 3.63) is 70.6 Å². The number of hydrogen-bond acceptors (Lipinski definition) is 5. The van der Waals surface area contributed by atoms with Crippen molar-refractivity contribution >= 4 is 28.8 Å². The number of methoxy groups -OCH3 is 1. The molecule has 25 heavy (non-hydrogen) atoms. The highest BCUT2D eigenvalue weighted by atomic mass is 32.2. The topological polar surface area (TPSA) is 92.7 Å².